The second kappa shape index (κ2) is 13.5. The molecule has 2 aromatic heterocycles. The smallest absolute Gasteiger partial charge is 0.119 e. The molecule has 42 heavy (non-hydrogen) atoms. The summed E-state index contributed by atoms with van der Waals surface area (Å²) in [6, 6.07) is 31.3. The van der Waals surface area contributed by atoms with Crippen LogP contribution in [0.5, 0.6) is 5.75 Å². The van der Waals surface area contributed by atoms with Crippen molar-refractivity contribution in [3.8, 4) is 28.5 Å². The van der Waals surface area contributed by atoms with Gasteiger partial charge in [-0.05, 0) is 72.6 Å². The van der Waals surface area contributed by atoms with Gasteiger partial charge in [-0.2, -0.15) is 0 Å². The van der Waals surface area contributed by atoms with Crippen molar-refractivity contribution in [2.45, 2.75) is 59.3 Å². The quantitative estimate of drug-likeness (QED) is 0.0982. The average molecular weight is 733 g/mol. The molecule has 4 aromatic carbocycles. The normalized spacial score (nSPS) is 11.2. The Labute approximate surface area is 262 Å². The fraction of sp³-hybridized carbons (Fsp3) is 0.270. The van der Waals surface area contributed by atoms with Gasteiger partial charge in [-0.1, -0.05) is 80.8 Å². The van der Waals surface area contributed by atoms with Crippen LogP contribution in [-0.4, -0.2) is 20.7 Å². The van der Waals surface area contributed by atoms with Gasteiger partial charge in [0, 0.05) is 49.4 Å². The number of ether oxygens (including phenoxy) is 1. The van der Waals surface area contributed by atoms with Crippen LogP contribution in [0, 0.1) is 19.9 Å². The third-order valence-corrected chi connectivity index (χ3v) is 7.97. The van der Waals surface area contributed by atoms with E-state index in [1.54, 1.807) is 0 Å². The fourth-order valence-corrected chi connectivity index (χ4v) is 6.03. The Morgan fingerprint density at radius 2 is 1.50 bits per heavy atom. The van der Waals surface area contributed by atoms with Gasteiger partial charge >= 0.3 is 0 Å². The van der Waals surface area contributed by atoms with Gasteiger partial charge in [-0.3, -0.25) is 4.98 Å². The number of aromatic nitrogens is 3. The molecule has 0 bridgehead atoms. The predicted molar refractivity (Wildman–Crippen MR) is 171 cm³/mol. The summed E-state index contributed by atoms with van der Waals surface area (Å²) in [5.74, 6) is 1.83. The summed E-state index contributed by atoms with van der Waals surface area (Å²) in [5.41, 5.74) is 7.92. The molecule has 0 amide bonds. The first-order valence-corrected chi connectivity index (χ1v) is 14.9. The number of hydrogen-bond acceptors (Lipinski definition) is 2. The molecular formula is C37H38IrN3O-. The molecule has 0 spiro atoms. The summed E-state index contributed by atoms with van der Waals surface area (Å²) in [4.78, 5) is 4.80. The van der Waals surface area contributed by atoms with Crippen LogP contribution in [0.3, 0.4) is 0 Å². The number of hydrogen-bond donors (Lipinski definition) is 0. The molecule has 6 rings (SSSR count). The zero-order valence-electron chi connectivity index (χ0n) is 24.7. The number of fused-ring (bicyclic) bond motifs is 3. The first kappa shape index (κ1) is 29.8. The standard InChI is InChI=1S/C37H38N3O.Ir/c1-4-5-6-7-8-14-23-41-31-24-27(2)36(28(3)25-31)39-22-21-38-37(39)29-19-20-35-33(26-29)32-17-12-13-18-34(32)40(35)30-15-10-9-11-16-30;/h9-13,15-18,20-22,24-26H,4-8,14,23H2,1-3H3;/q-1;. The van der Waals surface area contributed by atoms with Gasteiger partial charge in [-0.15, -0.1) is 23.8 Å². The zero-order chi connectivity index (χ0) is 28.2. The minimum atomic E-state index is 0. The SMILES string of the molecule is CCCCCCCCOc1cc(C)c(-n2ccnc2-c2[c-]cc3c(c2)c2ccccc2n3-c2ccccc2)c(C)c1.[Ir]. The van der Waals surface area contributed by atoms with Crippen LogP contribution in [0.2, 0.25) is 0 Å². The van der Waals surface area contributed by atoms with Crippen molar-refractivity contribution in [2.75, 3.05) is 6.61 Å². The van der Waals surface area contributed by atoms with E-state index in [4.69, 9.17) is 9.72 Å². The second-order valence-electron chi connectivity index (χ2n) is 11.0. The number of imidazole rings is 1. The molecule has 0 N–H and O–H groups in total. The van der Waals surface area contributed by atoms with E-state index in [2.05, 4.69) is 115 Å². The van der Waals surface area contributed by atoms with Crippen LogP contribution in [-0.2, 0) is 20.1 Å². The molecule has 0 saturated carbocycles. The van der Waals surface area contributed by atoms with E-state index in [0.29, 0.717) is 0 Å². The second-order valence-corrected chi connectivity index (χ2v) is 11.0. The van der Waals surface area contributed by atoms with Crippen LogP contribution in [0.1, 0.15) is 56.6 Å². The fourth-order valence-electron chi connectivity index (χ4n) is 6.03. The van der Waals surface area contributed by atoms with E-state index in [0.717, 1.165) is 47.1 Å². The molecule has 0 aliphatic rings. The first-order chi connectivity index (χ1) is 20.2. The Bertz CT molecular complexity index is 1760. The summed E-state index contributed by atoms with van der Waals surface area (Å²) in [5, 5.41) is 2.42. The molecule has 0 aliphatic carbocycles. The van der Waals surface area contributed by atoms with Crippen molar-refractivity contribution in [1.29, 1.82) is 0 Å². The van der Waals surface area contributed by atoms with E-state index in [1.807, 2.05) is 12.4 Å². The molecule has 0 fully saturated rings. The maximum Gasteiger partial charge on any atom is 0.119 e. The molecule has 2 heterocycles. The molecule has 0 saturated heterocycles. The Morgan fingerprint density at radius 1 is 0.786 bits per heavy atom. The minimum absolute atomic E-state index is 0. The van der Waals surface area contributed by atoms with Crippen LogP contribution in [0.4, 0.5) is 0 Å². The predicted octanol–water partition coefficient (Wildman–Crippen LogP) is 9.79. The van der Waals surface area contributed by atoms with Gasteiger partial charge in [0.25, 0.3) is 0 Å². The number of unbranched alkanes of at least 4 members (excludes halogenated alkanes) is 5. The van der Waals surface area contributed by atoms with Crippen LogP contribution < -0.4 is 4.74 Å². The third-order valence-electron chi connectivity index (χ3n) is 7.97. The Kier molecular flexibility index (Phi) is 9.62. The van der Waals surface area contributed by atoms with E-state index in [-0.39, 0.29) is 20.1 Å². The van der Waals surface area contributed by atoms with Gasteiger partial charge in [0.2, 0.25) is 0 Å². The summed E-state index contributed by atoms with van der Waals surface area (Å²) < 4.78 is 10.7. The molecule has 0 unspecified atom stereocenters. The Morgan fingerprint density at radius 3 is 2.29 bits per heavy atom. The molecular weight excluding hydrogens is 695 g/mol. The number of aryl methyl sites for hydroxylation is 2. The van der Waals surface area contributed by atoms with Crippen molar-refractivity contribution in [3.05, 3.63) is 108 Å². The number of nitrogens with zero attached hydrogens (tertiary/aromatic N) is 3. The minimum Gasteiger partial charge on any atom is -0.494 e. The molecule has 217 valence electrons. The summed E-state index contributed by atoms with van der Waals surface area (Å²) >= 11 is 0. The summed E-state index contributed by atoms with van der Waals surface area (Å²) in [7, 11) is 0. The molecule has 5 heteroatoms. The van der Waals surface area contributed by atoms with Gasteiger partial charge in [0.05, 0.1) is 12.4 Å². The van der Waals surface area contributed by atoms with Crippen molar-refractivity contribution in [3.63, 3.8) is 0 Å². The van der Waals surface area contributed by atoms with Crippen molar-refractivity contribution < 1.29 is 24.8 Å². The zero-order valence-corrected chi connectivity index (χ0v) is 27.1. The van der Waals surface area contributed by atoms with E-state index in [9.17, 15) is 0 Å². The van der Waals surface area contributed by atoms with E-state index < -0.39 is 0 Å². The van der Waals surface area contributed by atoms with E-state index >= 15 is 0 Å². The van der Waals surface area contributed by atoms with Crippen molar-refractivity contribution in [2.24, 2.45) is 0 Å². The number of rotatable bonds is 11. The average Bonchev–Trinajstić information content (AvgIpc) is 3.59. The Balaban J connectivity index is 0.00000353. The first-order valence-electron chi connectivity index (χ1n) is 14.9. The monoisotopic (exact) mass is 733 g/mol. The molecule has 0 aliphatic heterocycles. The largest absolute Gasteiger partial charge is 0.494 e. The summed E-state index contributed by atoms with van der Waals surface area (Å²) in [6.07, 6.45) is 11.5. The van der Waals surface area contributed by atoms with Gasteiger partial charge < -0.3 is 13.9 Å². The van der Waals surface area contributed by atoms with Crippen LogP contribution >= 0.6 is 0 Å². The van der Waals surface area contributed by atoms with Gasteiger partial charge in [0.1, 0.15) is 5.75 Å². The van der Waals surface area contributed by atoms with Crippen molar-refractivity contribution >= 4 is 21.8 Å². The van der Waals surface area contributed by atoms with E-state index in [1.165, 1.54) is 59.5 Å². The van der Waals surface area contributed by atoms with Gasteiger partial charge in [-0.25, -0.2) is 0 Å². The maximum atomic E-state index is 6.16. The summed E-state index contributed by atoms with van der Waals surface area (Å²) in [6.45, 7) is 7.34. The number of para-hydroxylation sites is 2. The van der Waals surface area contributed by atoms with Crippen LogP contribution in [0.15, 0.2) is 91.3 Å². The molecule has 1 radical (unpaired) electrons. The molecule has 4 nitrogen and oxygen atoms in total. The Hall–Kier alpha value is -3.66. The molecule has 6 aromatic rings. The topological polar surface area (TPSA) is 32.0 Å². The van der Waals surface area contributed by atoms with Crippen molar-refractivity contribution in [1.82, 2.24) is 14.1 Å². The molecule has 0 atom stereocenters. The maximum absolute atomic E-state index is 6.16. The number of benzene rings is 4. The third kappa shape index (κ3) is 5.95. The van der Waals surface area contributed by atoms with Gasteiger partial charge in [0.15, 0.2) is 0 Å². The van der Waals surface area contributed by atoms with Crippen LogP contribution in [0.25, 0.3) is 44.6 Å².